The molecule has 0 saturated heterocycles. The Bertz CT molecular complexity index is 1830. The van der Waals surface area contributed by atoms with E-state index in [1.165, 1.54) is 36.0 Å². The van der Waals surface area contributed by atoms with Gasteiger partial charge in [-0.05, 0) is 90.8 Å². The number of amides is 1. The highest BCUT2D eigenvalue weighted by Gasteiger charge is 2.21. The molecular formula is C30H23FN2O5S2. The number of aromatic amines is 1. The fourth-order valence-electron chi connectivity index (χ4n) is 4.05. The highest BCUT2D eigenvalue weighted by molar-refractivity contribution is 7.99. The topological polar surface area (TPSA) is 105 Å². The predicted molar refractivity (Wildman–Crippen MR) is 151 cm³/mol. The van der Waals surface area contributed by atoms with E-state index in [2.05, 4.69) is 9.71 Å². The normalized spacial score (nSPS) is 11.3. The first-order valence-electron chi connectivity index (χ1n) is 12.2. The van der Waals surface area contributed by atoms with Gasteiger partial charge < -0.3 is 9.72 Å². The number of halogens is 1. The molecule has 0 fully saturated rings. The maximum Gasteiger partial charge on any atom is 0.338 e. The molecule has 1 aromatic heterocycles. The van der Waals surface area contributed by atoms with Crippen LogP contribution in [0.4, 0.5) is 4.39 Å². The van der Waals surface area contributed by atoms with Gasteiger partial charge in [-0.15, -0.1) is 0 Å². The lowest BCUT2D eigenvalue weighted by molar-refractivity contribution is 0.0526. The van der Waals surface area contributed by atoms with Gasteiger partial charge in [-0.1, -0.05) is 36.0 Å². The highest BCUT2D eigenvalue weighted by Crippen LogP contribution is 2.31. The van der Waals surface area contributed by atoms with Gasteiger partial charge in [0.05, 0.1) is 17.1 Å². The number of H-pyrrole nitrogens is 1. The van der Waals surface area contributed by atoms with E-state index < -0.39 is 21.9 Å². The molecule has 40 heavy (non-hydrogen) atoms. The second-order valence-electron chi connectivity index (χ2n) is 8.75. The fourth-order valence-corrected chi connectivity index (χ4v) is 5.93. The first kappa shape index (κ1) is 27.2. The van der Waals surface area contributed by atoms with Gasteiger partial charge in [0.2, 0.25) is 0 Å². The second kappa shape index (κ2) is 11.4. The largest absolute Gasteiger partial charge is 0.462 e. The van der Waals surface area contributed by atoms with E-state index in [0.717, 1.165) is 15.2 Å². The molecule has 0 aliphatic carbocycles. The summed E-state index contributed by atoms with van der Waals surface area (Å²) >= 11 is 1.44. The zero-order valence-electron chi connectivity index (χ0n) is 21.2. The van der Waals surface area contributed by atoms with E-state index in [1.54, 1.807) is 67.6 Å². The molecule has 0 saturated carbocycles. The van der Waals surface area contributed by atoms with Crippen molar-refractivity contribution in [2.45, 2.75) is 21.6 Å². The molecular weight excluding hydrogens is 551 g/mol. The van der Waals surface area contributed by atoms with Crippen molar-refractivity contribution in [3.05, 3.63) is 114 Å². The average molecular weight is 575 g/mol. The number of aromatic nitrogens is 1. The van der Waals surface area contributed by atoms with Crippen LogP contribution in [-0.2, 0) is 14.8 Å². The standard InChI is InChI=1S/C30H23FN2O5S2/c1-2-38-30(35)21-7-3-5-19(15-21)20-6-4-8-26(17-20)40(36,37)33-29(34)28-18-22-16-25(13-14-27(22)32-28)39-24-11-9-23(31)10-12-24/h3-18,32H,2H2,1H3,(H,33,34). The van der Waals surface area contributed by atoms with Crippen LogP contribution >= 0.6 is 11.8 Å². The van der Waals surface area contributed by atoms with Gasteiger partial charge in [0.15, 0.2) is 0 Å². The fraction of sp³-hybridized carbons (Fsp3) is 0.0667. The van der Waals surface area contributed by atoms with Crippen LogP contribution in [-0.4, -0.2) is 31.9 Å². The van der Waals surface area contributed by atoms with Crippen LogP contribution in [0.25, 0.3) is 22.0 Å². The summed E-state index contributed by atoms with van der Waals surface area (Å²) in [6.07, 6.45) is 0. The molecule has 202 valence electrons. The lowest BCUT2D eigenvalue weighted by Crippen LogP contribution is -2.30. The first-order chi connectivity index (χ1) is 19.2. The maximum atomic E-state index is 13.2. The van der Waals surface area contributed by atoms with Gasteiger partial charge in [-0.2, -0.15) is 0 Å². The Labute approximate surface area is 234 Å². The summed E-state index contributed by atoms with van der Waals surface area (Å²) < 4.78 is 46.6. The molecule has 0 aliphatic heterocycles. The summed E-state index contributed by atoms with van der Waals surface area (Å²) in [5.74, 6) is -1.59. The van der Waals surface area contributed by atoms with Crippen molar-refractivity contribution in [3.8, 4) is 11.1 Å². The average Bonchev–Trinajstić information content (AvgIpc) is 3.38. The Kier molecular flexibility index (Phi) is 7.72. The first-order valence-corrected chi connectivity index (χ1v) is 14.5. The minimum absolute atomic E-state index is 0.0841. The number of nitrogens with one attached hydrogen (secondary N) is 2. The number of carbonyl (C=O) groups excluding carboxylic acids is 2. The zero-order valence-corrected chi connectivity index (χ0v) is 22.8. The number of rotatable bonds is 8. The SMILES string of the molecule is CCOC(=O)c1cccc(-c2cccc(S(=O)(=O)NC(=O)c3cc4cc(Sc5ccc(F)cc5)ccc4[nH]3)c2)c1. The molecule has 1 heterocycles. The zero-order chi connectivity index (χ0) is 28.3. The molecule has 10 heteroatoms. The van der Waals surface area contributed by atoms with Crippen LogP contribution in [0.5, 0.6) is 0 Å². The Morgan fingerprint density at radius 1 is 0.875 bits per heavy atom. The number of sulfonamides is 1. The van der Waals surface area contributed by atoms with Crippen molar-refractivity contribution in [2.24, 2.45) is 0 Å². The van der Waals surface area contributed by atoms with Crippen molar-refractivity contribution < 1.29 is 27.1 Å². The third-order valence-corrected chi connectivity index (χ3v) is 8.29. The van der Waals surface area contributed by atoms with Crippen LogP contribution in [0.15, 0.2) is 112 Å². The summed E-state index contributed by atoms with van der Waals surface area (Å²) in [7, 11) is -4.21. The molecule has 0 spiro atoms. The molecule has 5 aromatic rings. The Morgan fingerprint density at radius 3 is 2.33 bits per heavy atom. The summed E-state index contributed by atoms with van der Waals surface area (Å²) in [5.41, 5.74) is 2.27. The molecule has 1 amide bonds. The molecule has 0 unspecified atom stereocenters. The number of hydrogen-bond donors (Lipinski definition) is 2. The van der Waals surface area contributed by atoms with E-state index in [4.69, 9.17) is 4.74 Å². The predicted octanol–water partition coefficient (Wildman–Crippen LogP) is 6.42. The molecule has 7 nitrogen and oxygen atoms in total. The van der Waals surface area contributed by atoms with Crippen LogP contribution in [0.3, 0.4) is 0 Å². The van der Waals surface area contributed by atoms with Crippen molar-refractivity contribution >= 4 is 44.6 Å². The van der Waals surface area contributed by atoms with E-state index in [0.29, 0.717) is 22.2 Å². The van der Waals surface area contributed by atoms with Crippen molar-refractivity contribution in [3.63, 3.8) is 0 Å². The molecule has 0 bridgehead atoms. The monoisotopic (exact) mass is 574 g/mol. The van der Waals surface area contributed by atoms with E-state index >= 15 is 0 Å². The van der Waals surface area contributed by atoms with Gasteiger partial charge >= 0.3 is 5.97 Å². The lowest BCUT2D eigenvalue weighted by atomic mass is 10.0. The third-order valence-electron chi connectivity index (χ3n) is 5.96. The van der Waals surface area contributed by atoms with Crippen molar-refractivity contribution in [1.29, 1.82) is 0 Å². The summed E-state index contributed by atoms with van der Waals surface area (Å²) in [5, 5.41) is 0.720. The Hall–Kier alpha value is -4.41. The summed E-state index contributed by atoms with van der Waals surface area (Å²) in [4.78, 5) is 29.6. The molecule has 4 aromatic carbocycles. The van der Waals surface area contributed by atoms with Crippen LogP contribution in [0, 0.1) is 5.82 Å². The minimum Gasteiger partial charge on any atom is -0.462 e. The van der Waals surface area contributed by atoms with Crippen LogP contribution in [0.1, 0.15) is 27.8 Å². The minimum atomic E-state index is -4.21. The second-order valence-corrected chi connectivity index (χ2v) is 11.6. The molecule has 0 atom stereocenters. The maximum absolute atomic E-state index is 13.2. The number of carbonyl (C=O) groups is 2. The smallest absolute Gasteiger partial charge is 0.338 e. The van der Waals surface area contributed by atoms with Gasteiger partial charge in [0.1, 0.15) is 11.5 Å². The van der Waals surface area contributed by atoms with Crippen LogP contribution in [0.2, 0.25) is 0 Å². The molecule has 2 N–H and O–H groups in total. The number of fused-ring (bicyclic) bond motifs is 1. The van der Waals surface area contributed by atoms with E-state index in [-0.39, 0.29) is 23.0 Å². The Morgan fingerprint density at radius 2 is 1.57 bits per heavy atom. The van der Waals surface area contributed by atoms with Crippen molar-refractivity contribution in [1.82, 2.24) is 9.71 Å². The Balaban J connectivity index is 1.34. The number of ether oxygens (including phenoxy) is 1. The molecule has 0 aliphatic rings. The highest BCUT2D eigenvalue weighted by atomic mass is 32.2. The van der Waals surface area contributed by atoms with Gasteiger partial charge in [-0.25, -0.2) is 22.3 Å². The lowest BCUT2D eigenvalue weighted by Gasteiger charge is -2.09. The number of esters is 1. The molecule has 0 radical (unpaired) electrons. The molecule has 5 rings (SSSR count). The van der Waals surface area contributed by atoms with Gasteiger partial charge in [0.25, 0.3) is 15.9 Å². The van der Waals surface area contributed by atoms with E-state index in [1.807, 2.05) is 12.1 Å². The number of benzene rings is 4. The third kappa shape index (κ3) is 6.08. The summed E-state index contributed by atoms with van der Waals surface area (Å²) in [6.45, 7) is 1.95. The van der Waals surface area contributed by atoms with E-state index in [9.17, 15) is 22.4 Å². The van der Waals surface area contributed by atoms with Gasteiger partial charge in [0, 0.05) is 20.7 Å². The number of hydrogen-bond acceptors (Lipinski definition) is 6. The van der Waals surface area contributed by atoms with Crippen LogP contribution < -0.4 is 4.72 Å². The van der Waals surface area contributed by atoms with Crippen molar-refractivity contribution in [2.75, 3.05) is 6.61 Å². The summed E-state index contributed by atoms with van der Waals surface area (Å²) in [6, 6.07) is 26.0. The quantitative estimate of drug-likeness (QED) is 0.207. The van der Waals surface area contributed by atoms with Gasteiger partial charge in [-0.3, -0.25) is 4.79 Å².